The van der Waals surface area contributed by atoms with Gasteiger partial charge in [0.25, 0.3) is 0 Å². The van der Waals surface area contributed by atoms with E-state index < -0.39 is 16.0 Å². The molecule has 0 aromatic carbocycles. The number of hydrogen-bond acceptors (Lipinski definition) is 5. The van der Waals surface area contributed by atoms with Crippen molar-refractivity contribution in [1.29, 1.82) is 0 Å². The van der Waals surface area contributed by atoms with Crippen molar-refractivity contribution in [2.75, 3.05) is 13.2 Å². The fraction of sp³-hybridized carbons (Fsp3) is 0.500. The zero-order valence-corrected chi connectivity index (χ0v) is 11.3. The summed E-state index contributed by atoms with van der Waals surface area (Å²) < 4.78 is 31.9. The monoisotopic (exact) mass is 291 g/mol. The number of rotatable bonds is 4. The van der Waals surface area contributed by atoms with Gasteiger partial charge >= 0.3 is 5.97 Å². The van der Waals surface area contributed by atoms with Crippen molar-refractivity contribution >= 4 is 27.3 Å². The molecule has 1 aliphatic heterocycles. The predicted octanol–water partition coefficient (Wildman–Crippen LogP) is 0.822. The molecule has 1 fully saturated rings. The maximum Gasteiger partial charge on any atom is 0.347 e. The Hall–Kier alpha value is -0.960. The van der Waals surface area contributed by atoms with Gasteiger partial charge in [0.1, 0.15) is 9.77 Å². The molecule has 1 aromatic heterocycles. The predicted molar refractivity (Wildman–Crippen MR) is 65.6 cm³/mol. The first kappa shape index (κ1) is 13.5. The lowest BCUT2D eigenvalue weighted by Gasteiger charge is -2.11. The molecular weight excluding hydrogens is 278 g/mol. The number of ether oxygens (including phenoxy) is 1. The number of carboxylic acid groups (broad SMARTS) is 1. The lowest BCUT2D eigenvalue weighted by atomic mass is 10.3. The van der Waals surface area contributed by atoms with Gasteiger partial charge in [0, 0.05) is 12.6 Å². The van der Waals surface area contributed by atoms with Crippen LogP contribution >= 0.6 is 11.3 Å². The summed E-state index contributed by atoms with van der Waals surface area (Å²) in [4.78, 5) is 10.7. The standard InChI is InChI=1S/C10H13NO5S2/c1-6-5-17-8(10(12)13)9(6)18(14,15)11-7-2-3-16-4-7/h5,7,11H,2-4H2,1H3,(H,12,13). The normalized spacial score (nSPS) is 20.2. The van der Waals surface area contributed by atoms with E-state index in [0.717, 1.165) is 11.3 Å². The van der Waals surface area contributed by atoms with E-state index in [1.165, 1.54) is 5.38 Å². The molecule has 0 bridgehead atoms. The van der Waals surface area contributed by atoms with Crippen LogP contribution in [0.2, 0.25) is 0 Å². The molecule has 1 saturated heterocycles. The summed E-state index contributed by atoms with van der Waals surface area (Å²) in [6, 6.07) is -0.282. The number of aryl methyl sites for hydroxylation is 1. The van der Waals surface area contributed by atoms with Crippen LogP contribution in [-0.2, 0) is 14.8 Å². The van der Waals surface area contributed by atoms with Gasteiger partial charge in [-0.1, -0.05) is 0 Å². The first-order chi connectivity index (χ1) is 8.42. The number of nitrogens with one attached hydrogen (secondary N) is 1. The molecule has 0 radical (unpaired) electrons. The average Bonchev–Trinajstić information content (AvgIpc) is 2.86. The smallest absolute Gasteiger partial charge is 0.347 e. The summed E-state index contributed by atoms with van der Waals surface area (Å²) in [5, 5.41) is 10.5. The first-order valence-electron chi connectivity index (χ1n) is 5.33. The number of carbonyl (C=O) groups is 1. The van der Waals surface area contributed by atoms with Crippen LogP contribution in [0.5, 0.6) is 0 Å². The van der Waals surface area contributed by atoms with Gasteiger partial charge in [0.2, 0.25) is 10.0 Å². The van der Waals surface area contributed by atoms with Gasteiger partial charge in [-0.3, -0.25) is 0 Å². The highest BCUT2D eigenvalue weighted by molar-refractivity contribution is 7.89. The Bertz CT molecular complexity index is 557. The third kappa shape index (κ3) is 2.56. The number of aromatic carboxylic acids is 1. The molecule has 1 unspecified atom stereocenters. The van der Waals surface area contributed by atoms with Crippen LogP contribution in [0.25, 0.3) is 0 Å². The van der Waals surface area contributed by atoms with Crippen LogP contribution in [0.3, 0.4) is 0 Å². The Balaban J connectivity index is 2.34. The maximum absolute atomic E-state index is 12.2. The highest BCUT2D eigenvalue weighted by atomic mass is 32.2. The molecule has 100 valence electrons. The van der Waals surface area contributed by atoms with E-state index in [0.29, 0.717) is 25.2 Å². The molecule has 6 nitrogen and oxygen atoms in total. The number of sulfonamides is 1. The van der Waals surface area contributed by atoms with Gasteiger partial charge in [0.15, 0.2) is 0 Å². The molecule has 2 heterocycles. The molecule has 1 aliphatic rings. The molecule has 1 atom stereocenters. The van der Waals surface area contributed by atoms with Gasteiger partial charge in [-0.15, -0.1) is 11.3 Å². The molecule has 0 aliphatic carbocycles. The summed E-state index contributed by atoms with van der Waals surface area (Å²) >= 11 is 0.919. The first-order valence-corrected chi connectivity index (χ1v) is 7.69. The molecular formula is C10H13NO5S2. The zero-order chi connectivity index (χ0) is 13.3. The molecule has 2 rings (SSSR count). The second-order valence-corrected chi connectivity index (χ2v) is 6.59. The maximum atomic E-state index is 12.2. The van der Waals surface area contributed by atoms with Crippen LogP contribution in [0, 0.1) is 6.92 Å². The number of hydrogen-bond donors (Lipinski definition) is 2. The summed E-state index contributed by atoms with van der Waals surface area (Å²) in [5.74, 6) is -1.23. The van der Waals surface area contributed by atoms with Gasteiger partial charge in [-0.05, 0) is 24.3 Å². The van der Waals surface area contributed by atoms with Gasteiger partial charge in [-0.25, -0.2) is 17.9 Å². The fourth-order valence-corrected chi connectivity index (χ4v) is 4.71. The van der Waals surface area contributed by atoms with Gasteiger partial charge in [0.05, 0.1) is 6.61 Å². The fourth-order valence-electron chi connectivity index (χ4n) is 1.82. The van der Waals surface area contributed by atoms with E-state index in [1.807, 2.05) is 0 Å². The molecule has 0 saturated carbocycles. The van der Waals surface area contributed by atoms with Crippen LogP contribution in [-0.4, -0.2) is 38.7 Å². The number of thiophene rings is 1. The topological polar surface area (TPSA) is 92.7 Å². The van der Waals surface area contributed by atoms with Crippen molar-refractivity contribution in [3.8, 4) is 0 Å². The highest BCUT2D eigenvalue weighted by Gasteiger charge is 2.30. The Labute approximate surface area is 109 Å². The average molecular weight is 291 g/mol. The minimum atomic E-state index is -3.81. The van der Waals surface area contributed by atoms with Crippen molar-refractivity contribution in [2.24, 2.45) is 0 Å². The van der Waals surface area contributed by atoms with E-state index in [4.69, 9.17) is 9.84 Å². The zero-order valence-electron chi connectivity index (χ0n) is 9.67. The van der Waals surface area contributed by atoms with Crippen molar-refractivity contribution in [3.05, 3.63) is 15.8 Å². The molecule has 1 aromatic rings. The summed E-state index contributed by atoms with van der Waals surface area (Å²) in [6.07, 6.45) is 0.602. The van der Waals surface area contributed by atoms with E-state index in [9.17, 15) is 13.2 Å². The minimum absolute atomic E-state index is 0.132. The largest absolute Gasteiger partial charge is 0.477 e. The third-order valence-corrected chi connectivity index (χ3v) is 5.55. The van der Waals surface area contributed by atoms with Crippen LogP contribution < -0.4 is 4.72 Å². The second-order valence-electron chi connectivity index (χ2n) is 4.06. The van der Waals surface area contributed by atoms with E-state index in [-0.39, 0.29) is 15.8 Å². The molecule has 18 heavy (non-hydrogen) atoms. The Morgan fingerprint density at radius 1 is 1.61 bits per heavy atom. The van der Waals surface area contributed by atoms with E-state index in [1.54, 1.807) is 6.92 Å². The number of carboxylic acids is 1. The SMILES string of the molecule is Cc1csc(C(=O)O)c1S(=O)(=O)NC1CCOC1. The van der Waals surface area contributed by atoms with Crippen molar-refractivity contribution in [3.63, 3.8) is 0 Å². The summed E-state index contributed by atoms with van der Waals surface area (Å²) in [5.41, 5.74) is 0.448. The molecule has 0 amide bonds. The lowest BCUT2D eigenvalue weighted by molar-refractivity contribution is 0.0698. The van der Waals surface area contributed by atoms with E-state index in [2.05, 4.69) is 4.72 Å². The van der Waals surface area contributed by atoms with Crippen LogP contribution in [0.15, 0.2) is 10.3 Å². The minimum Gasteiger partial charge on any atom is -0.477 e. The Kier molecular flexibility index (Phi) is 3.71. The molecule has 2 N–H and O–H groups in total. The van der Waals surface area contributed by atoms with Crippen molar-refractivity contribution in [1.82, 2.24) is 4.72 Å². The third-order valence-electron chi connectivity index (χ3n) is 2.63. The van der Waals surface area contributed by atoms with E-state index >= 15 is 0 Å². The molecule has 8 heteroatoms. The van der Waals surface area contributed by atoms with Gasteiger partial charge in [-0.2, -0.15) is 0 Å². The lowest BCUT2D eigenvalue weighted by Crippen LogP contribution is -2.35. The second kappa shape index (κ2) is 4.96. The Morgan fingerprint density at radius 2 is 2.33 bits per heavy atom. The highest BCUT2D eigenvalue weighted by Crippen LogP contribution is 2.27. The summed E-state index contributed by atoms with van der Waals surface area (Å²) in [6.45, 7) is 2.43. The van der Waals surface area contributed by atoms with Crippen LogP contribution in [0.4, 0.5) is 0 Å². The quantitative estimate of drug-likeness (QED) is 0.857. The van der Waals surface area contributed by atoms with Crippen molar-refractivity contribution in [2.45, 2.75) is 24.3 Å². The van der Waals surface area contributed by atoms with Crippen LogP contribution in [0.1, 0.15) is 21.7 Å². The summed E-state index contributed by atoms with van der Waals surface area (Å²) in [7, 11) is -3.81. The Morgan fingerprint density at radius 3 is 2.89 bits per heavy atom. The van der Waals surface area contributed by atoms with Crippen molar-refractivity contribution < 1.29 is 23.1 Å². The molecule has 0 spiro atoms. The van der Waals surface area contributed by atoms with Gasteiger partial charge < -0.3 is 9.84 Å².